The number of aromatic nitrogens is 3. The van der Waals surface area contributed by atoms with E-state index in [-0.39, 0.29) is 31.5 Å². The van der Waals surface area contributed by atoms with E-state index >= 15 is 0 Å². The molecule has 1 aliphatic carbocycles. The molecule has 1 aliphatic heterocycles. The zero-order valence-electron chi connectivity index (χ0n) is 28.7. The van der Waals surface area contributed by atoms with Crippen molar-refractivity contribution >= 4 is 17.8 Å². The predicted octanol–water partition coefficient (Wildman–Crippen LogP) is 2.86. The molecule has 1 saturated heterocycles. The van der Waals surface area contributed by atoms with E-state index in [1.54, 1.807) is 29.4 Å². The molecule has 7 N–H and O–H groups in total. The van der Waals surface area contributed by atoms with Crippen LogP contribution in [-0.4, -0.2) is 92.8 Å². The van der Waals surface area contributed by atoms with Crippen LogP contribution in [0.5, 0.6) is 5.88 Å². The number of aliphatic hydroxyl groups excluding tert-OH is 1. The summed E-state index contributed by atoms with van der Waals surface area (Å²) in [5.41, 5.74) is 7.58. The maximum absolute atomic E-state index is 14.1. The molecule has 13 nitrogen and oxygen atoms in total. The van der Waals surface area contributed by atoms with E-state index in [1.165, 1.54) is 12.7 Å². The second kappa shape index (κ2) is 19.0. The summed E-state index contributed by atoms with van der Waals surface area (Å²) in [5, 5.41) is 20.4. The standard InChI is InChI=1S/C37H52N8O5/c38-28-14-18-45(19-15-28)37(49)44-31(22-27-11-5-2-6-12-27)35(47)43-32(23-29-24-39-25-41-29)36(48)42-30(21-26-9-3-1-4-10-26)33(46)16-20-50-34-13-7-8-17-40-34/h2,5-8,11-13,17,24-26,28,30-33,46H,1,3-4,9-10,14-16,18-23,38H2,(H,39,41)(H,42,48)(H,43,47)(H,44,49)/t30-,31-,32-,33-/m0/s1. The third kappa shape index (κ3) is 11.5. The SMILES string of the molecule is NC1CCN(C(=O)N[C@@H](Cc2ccccc2)C(=O)N[C@@H](Cc2cnc[nH]2)C(=O)N[C@@H](CC2CCCCC2)[C@@H](O)CCOc2ccccn2)CC1. The molecule has 0 radical (unpaired) electrons. The van der Waals surface area contributed by atoms with Crippen molar-refractivity contribution in [2.24, 2.45) is 11.7 Å². The first-order chi connectivity index (χ1) is 24.3. The van der Waals surface area contributed by atoms with Gasteiger partial charge in [0.25, 0.3) is 0 Å². The molecule has 1 aromatic carbocycles. The maximum atomic E-state index is 14.1. The monoisotopic (exact) mass is 688 g/mol. The number of carbonyl (C=O) groups is 3. The fourth-order valence-electron chi connectivity index (χ4n) is 6.80. The van der Waals surface area contributed by atoms with Crippen LogP contribution >= 0.6 is 0 Å². The number of aliphatic hydroxyl groups is 1. The molecule has 2 aromatic heterocycles. The molecule has 4 atom stereocenters. The van der Waals surface area contributed by atoms with E-state index in [1.807, 2.05) is 36.4 Å². The van der Waals surface area contributed by atoms with Crippen molar-refractivity contribution in [3.05, 3.63) is 78.5 Å². The number of aromatic amines is 1. The van der Waals surface area contributed by atoms with Crippen LogP contribution in [-0.2, 0) is 22.4 Å². The zero-order valence-corrected chi connectivity index (χ0v) is 28.7. The lowest BCUT2D eigenvalue weighted by Crippen LogP contribution is -2.59. The summed E-state index contributed by atoms with van der Waals surface area (Å²) >= 11 is 0. The van der Waals surface area contributed by atoms with E-state index in [4.69, 9.17) is 10.5 Å². The highest BCUT2D eigenvalue weighted by atomic mass is 16.5. The molecular formula is C37H52N8O5. The summed E-state index contributed by atoms with van der Waals surface area (Å²) in [5.74, 6) is -0.0660. The first-order valence-electron chi connectivity index (χ1n) is 18.0. The third-order valence-electron chi connectivity index (χ3n) is 9.74. The molecule has 13 heteroatoms. The van der Waals surface area contributed by atoms with E-state index in [9.17, 15) is 19.5 Å². The van der Waals surface area contributed by atoms with Crippen LogP contribution in [0, 0.1) is 5.92 Å². The highest BCUT2D eigenvalue weighted by Crippen LogP contribution is 2.28. The van der Waals surface area contributed by atoms with Gasteiger partial charge in [0.05, 0.1) is 25.1 Å². The van der Waals surface area contributed by atoms with Gasteiger partial charge in [-0.15, -0.1) is 0 Å². The van der Waals surface area contributed by atoms with E-state index in [2.05, 4.69) is 30.9 Å². The Morgan fingerprint density at radius 3 is 2.34 bits per heavy atom. The Hall–Kier alpha value is -4.49. The van der Waals surface area contributed by atoms with Gasteiger partial charge in [-0.05, 0) is 36.8 Å². The fourth-order valence-corrected chi connectivity index (χ4v) is 6.80. The minimum absolute atomic E-state index is 0.0538. The van der Waals surface area contributed by atoms with Crippen molar-refractivity contribution < 1.29 is 24.2 Å². The lowest BCUT2D eigenvalue weighted by molar-refractivity contribution is -0.131. The molecule has 5 rings (SSSR count). The number of nitrogens with zero attached hydrogens (tertiary/aromatic N) is 3. The number of H-pyrrole nitrogens is 1. The summed E-state index contributed by atoms with van der Waals surface area (Å²) in [6.07, 6.45) is 12.1. The van der Waals surface area contributed by atoms with Crippen LogP contribution in [0.3, 0.4) is 0 Å². The normalized spacial score (nSPS) is 18.0. The average Bonchev–Trinajstić information content (AvgIpc) is 3.65. The van der Waals surface area contributed by atoms with Gasteiger partial charge < -0.3 is 41.4 Å². The third-order valence-corrected chi connectivity index (χ3v) is 9.74. The smallest absolute Gasteiger partial charge is 0.318 e. The molecule has 0 unspecified atom stereocenters. The van der Waals surface area contributed by atoms with Gasteiger partial charge in [-0.2, -0.15) is 0 Å². The van der Waals surface area contributed by atoms with Crippen LogP contribution in [0.1, 0.15) is 69.0 Å². The van der Waals surface area contributed by atoms with Crippen molar-refractivity contribution in [2.45, 2.75) is 101 Å². The Morgan fingerprint density at radius 1 is 0.920 bits per heavy atom. The number of piperidine rings is 1. The van der Waals surface area contributed by atoms with Gasteiger partial charge in [-0.3, -0.25) is 9.59 Å². The van der Waals surface area contributed by atoms with Gasteiger partial charge in [0.2, 0.25) is 17.7 Å². The molecule has 0 spiro atoms. The first kappa shape index (κ1) is 36.8. The molecule has 50 heavy (non-hydrogen) atoms. The maximum Gasteiger partial charge on any atom is 0.318 e. The lowest BCUT2D eigenvalue weighted by Gasteiger charge is -2.33. The number of hydrogen-bond acceptors (Lipinski definition) is 8. The number of nitrogens with two attached hydrogens (primary N) is 1. The molecular weight excluding hydrogens is 636 g/mol. The number of benzene rings is 1. The highest BCUT2D eigenvalue weighted by Gasteiger charge is 2.33. The van der Waals surface area contributed by atoms with Crippen molar-refractivity contribution in [2.75, 3.05) is 19.7 Å². The summed E-state index contributed by atoms with van der Waals surface area (Å²) < 4.78 is 5.75. The highest BCUT2D eigenvalue weighted by molar-refractivity contribution is 5.92. The molecule has 4 amide bonds. The van der Waals surface area contributed by atoms with Crippen molar-refractivity contribution in [3.63, 3.8) is 0 Å². The number of nitrogens with one attached hydrogen (secondary N) is 4. The minimum atomic E-state index is -1.00. The number of imidazole rings is 1. The quantitative estimate of drug-likeness (QED) is 0.133. The first-order valence-corrected chi connectivity index (χ1v) is 18.0. The molecule has 1 saturated carbocycles. The number of urea groups is 1. The van der Waals surface area contributed by atoms with E-state index in [0.29, 0.717) is 56.3 Å². The molecule has 2 fully saturated rings. The molecule has 3 aromatic rings. The Kier molecular flexibility index (Phi) is 14.0. The van der Waals surface area contributed by atoms with Gasteiger partial charge in [0.15, 0.2) is 0 Å². The summed E-state index contributed by atoms with van der Waals surface area (Å²) in [6.45, 7) is 1.25. The van der Waals surface area contributed by atoms with Crippen molar-refractivity contribution in [1.82, 2.24) is 35.8 Å². The Morgan fingerprint density at radius 2 is 1.64 bits per heavy atom. The number of pyridine rings is 1. The van der Waals surface area contributed by atoms with Crippen molar-refractivity contribution in [1.29, 1.82) is 0 Å². The van der Waals surface area contributed by atoms with Gasteiger partial charge in [-0.1, -0.05) is 68.5 Å². The molecule has 3 heterocycles. The molecule has 0 bridgehead atoms. The van der Waals surface area contributed by atoms with Gasteiger partial charge >= 0.3 is 6.03 Å². The Balaban J connectivity index is 1.30. The molecule has 2 aliphatic rings. The van der Waals surface area contributed by atoms with Gasteiger partial charge in [0.1, 0.15) is 12.1 Å². The number of rotatable bonds is 16. The second-order valence-corrected chi connectivity index (χ2v) is 13.6. The number of carbonyl (C=O) groups excluding carboxylic acids is 3. The fraction of sp³-hybridized carbons (Fsp3) is 0.541. The van der Waals surface area contributed by atoms with Gasteiger partial charge in [-0.25, -0.2) is 14.8 Å². The van der Waals surface area contributed by atoms with Crippen LogP contribution in [0.15, 0.2) is 67.3 Å². The van der Waals surface area contributed by atoms with Crippen LogP contribution in [0.4, 0.5) is 4.79 Å². The van der Waals surface area contributed by atoms with E-state index < -0.39 is 36.0 Å². The molecule has 270 valence electrons. The number of amides is 4. The topological polar surface area (TPSA) is 188 Å². The Labute approximate surface area is 294 Å². The lowest BCUT2D eigenvalue weighted by atomic mass is 9.83. The summed E-state index contributed by atoms with van der Waals surface area (Å²) in [6, 6.07) is 12.1. The van der Waals surface area contributed by atoms with Crippen molar-refractivity contribution in [3.8, 4) is 5.88 Å². The number of hydrogen-bond donors (Lipinski definition) is 6. The summed E-state index contributed by atoms with van der Waals surface area (Å²) in [7, 11) is 0. The largest absolute Gasteiger partial charge is 0.478 e. The predicted molar refractivity (Wildman–Crippen MR) is 189 cm³/mol. The van der Waals surface area contributed by atoms with Crippen LogP contribution < -0.4 is 26.4 Å². The Bertz CT molecular complexity index is 1450. The number of likely N-dealkylation sites (tertiary alicyclic amines) is 1. The average molecular weight is 689 g/mol. The minimum Gasteiger partial charge on any atom is -0.478 e. The van der Waals surface area contributed by atoms with Crippen LogP contribution in [0.25, 0.3) is 0 Å². The van der Waals surface area contributed by atoms with Crippen LogP contribution in [0.2, 0.25) is 0 Å². The zero-order chi connectivity index (χ0) is 35.1. The number of ether oxygens (including phenoxy) is 1. The second-order valence-electron chi connectivity index (χ2n) is 13.6. The van der Waals surface area contributed by atoms with Gasteiger partial charge in [0, 0.05) is 62.5 Å². The van der Waals surface area contributed by atoms with E-state index in [0.717, 1.165) is 31.2 Å². The summed E-state index contributed by atoms with van der Waals surface area (Å²) in [4.78, 5) is 54.5.